The van der Waals surface area contributed by atoms with Crippen LogP contribution in [0.15, 0.2) is 18.2 Å². The van der Waals surface area contributed by atoms with Crippen molar-refractivity contribution in [3.05, 3.63) is 33.8 Å². The van der Waals surface area contributed by atoms with E-state index in [2.05, 4.69) is 0 Å². The second-order valence-corrected chi connectivity index (χ2v) is 6.91. The van der Waals surface area contributed by atoms with E-state index in [4.69, 9.17) is 28.3 Å². The van der Waals surface area contributed by atoms with E-state index in [-0.39, 0.29) is 24.3 Å². The molecule has 0 aliphatic heterocycles. The highest BCUT2D eigenvalue weighted by molar-refractivity contribution is 6.35. The summed E-state index contributed by atoms with van der Waals surface area (Å²) in [6, 6.07) is 5.26. The number of benzene rings is 1. The number of aliphatic carboxylic acids is 1. The minimum Gasteiger partial charge on any atom is -0.480 e. The molecule has 1 fully saturated rings. The Morgan fingerprint density at radius 2 is 1.96 bits per heavy atom. The van der Waals surface area contributed by atoms with E-state index >= 15 is 0 Å². The lowest BCUT2D eigenvalue weighted by Crippen LogP contribution is -2.41. The van der Waals surface area contributed by atoms with Crippen LogP contribution in [0.5, 0.6) is 0 Å². The number of nitrogens with zero attached hydrogens (tertiary/aromatic N) is 2. The summed E-state index contributed by atoms with van der Waals surface area (Å²) in [5, 5.41) is 10.1. The number of hydrogen-bond donors (Lipinski definition) is 1. The van der Waals surface area contributed by atoms with E-state index in [0.29, 0.717) is 29.6 Å². The second-order valence-electron chi connectivity index (χ2n) is 6.07. The fourth-order valence-corrected chi connectivity index (χ4v) is 3.15. The molecule has 1 aromatic carbocycles. The lowest BCUT2D eigenvalue weighted by atomic mass is 10.1. The summed E-state index contributed by atoms with van der Waals surface area (Å²) < 4.78 is 0. The highest BCUT2D eigenvalue weighted by Gasteiger charge is 2.46. The largest absolute Gasteiger partial charge is 0.480 e. The molecule has 0 spiro atoms. The SMILES string of the molecule is CN(C)CCN(CC(=O)O)C(=O)[C@@H]1C[C@@H]1c1ccc(Cl)cc1Cl. The van der Waals surface area contributed by atoms with Crippen LogP contribution < -0.4 is 0 Å². The van der Waals surface area contributed by atoms with Crippen molar-refractivity contribution in [2.45, 2.75) is 12.3 Å². The number of rotatable bonds is 7. The molecule has 2 rings (SSSR count). The maximum Gasteiger partial charge on any atom is 0.323 e. The van der Waals surface area contributed by atoms with Gasteiger partial charge >= 0.3 is 5.97 Å². The van der Waals surface area contributed by atoms with Crippen molar-refractivity contribution in [3.63, 3.8) is 0 Å². The van der Waals surface area contributed by atoms with Crippen LogP contribution in [-0.4, -0.2) is 60.5 Å². The molecule has 1 aliphatic rings. The van der Waals surface area contributed by atoms with Crippen molar-refractivity contribution in [2.24, 2.45) is 5.92 Å². The van der Waals surface area contributed by atoms with Crippen LogP contribution in [0.3, 0.4) is 0 Å². The van der Waals surface area contributed by atoms with Crippen LogP contribution in [0.1, 0.15) is 17.9 Å². The molecule has 0 bridgehead atoms. The van der Waals surface area contributed by atoms with Crippen LogP contribution in [0, 0.1) is 5.92 Å². The van der Waals surface area contributed by atoms with E-state index in [1.807, 2.05) is 25.1 Å². The van der Waals surface area contributed by atoms with Crippen molar-refractivity contribution in [2.75, 3.05) is 33.7 Å². The predicted molar refractivity (Wildman–Crippen MR) is 90.1 cm³/mol. The molecular formula is C16H20Cl2N2O3. The van der Waals surface area contributed by atoms with Crippen LogP contribution >= 0.6 is 23.2 Å². The van der Waals surface area contributed by atoms with Gasteiger partial charge in [0.05, 0.1) is 0 Å². The molecule has 0 radical (unpaired) electrons. The maximum absolute atomic E-state index is 12.6. The number of hydrogen-bond acceptors (Lipinski definition) is 3. The van der Waals surface area contributed by atoms with Gasteiger partial charge in [-0.3, -0.25) is 9.59 Å². The van der Waals surface area contributed by atoms with Gasteiger partial charge in [0.15, 0.2) is 0 Å². The summed E-state index contributed by atoms with van der Waals surface area (Å²) in [6.45, 7) is 0.748. The molecule has 1 aromatic rings. The fourth-order valence-electron chi connectivity index (χ4n) is 2.60. The van der Waals surface area contributed by atoms with Crippen LogP contribution in [-0.2, 0) is 9.59 Å². The topological polar surface area (TPSA) is 60.9 Å². The summed E-state index contributed by atoms with van der Waals surface area (Å²) in [6.07, 6.45) is 0.693. The average Bonchev–Trinajstić information content (AvgIpc) is 3.22. The Kier molecular flexibility index (Phi) is 5.89. The number of carbonyl (C=O) groups excluding carboxylic acids is 1. The predicted octanol–water partition coefficient (Wildman–Crippen LogP) is 2.57. The molecule has 0 aromatic heterocycles. The average molecular weight is 359 g/mol. The molecule has 2 atom stereocenters. The Balaban J connectivity index is 2.05. The zero-order chi connectivity index (χ0) is 17.1. The van der Waals surface area contributed by atoms with Gasteiger partial charge in [-0.05, 0) is 44.1 Å². The number of halogens is 2. The Morgan fingerprint density at radius 1 is 1.26 bits per heavy atom. The van der Waals surface area contributed by atoms with Gasteiger partial charge in [-0.1, -0.05) is 29.3 Å². The first-order valence-electron chi connectivity index (χ1n) is 7.40. The third-order valence-electron chi connectivity index (χ3n) is 3.92. The van der Waals surface area contributed by atoms with E-state index in [1.165, 1.54) is 4.90 Å². The van der Waals surface area contributed by atoms with Crippen LogP contribution in [0.2, 0.25) is 10.0 Å². The minimum atomic E-state index is -1.00. The normalized spacial score (nSPS) is 19.7. The van der Waals surface area contributed by atoms with Gasteiger partial charge in [0, 0.05) is 29.1 Å². The van der Waals surface area contributed by atoms with Gasteiger partial charge < -0.3 is 14.9 Å². The van der Waals surface area contributed by atoms with Crippen LogP contribution in [0.25, 0.3) is 0 Å². The zero-order valence-electron chi connectivity index (χ0n) is 13.1. The number of carbonyl (C=O) groups is 2. The molecular weight excluding hydrogens is 339 g/mol. The molecule has 0 heterocycles. The fraction of sp³-hybridized carbons (Fsp3) is 0.500. The quantitative estimate of drug-likeness (QED) is 0.813. The molecule has 1 saturated carbocycles. The molecule has 0 saturated heterocycles. The van der Waals surface area contributed by atoms with E-state index < -0.39 is 5.97 Å². The molecule has 5 nitrogen and oxygen atoms in total. The Hall–Kier alpha value is -1.30. The first kappa shape index (κ1) is 18.0. The van der Waals surface area contributed by atoms with Crippen molar-refractivity contribution >= 4 is 35.1 Å². The minimum absolute atomic E-state index is 0.0444. The standard InChI is InChI=1S/C16H20Cl2N2O3/c1-19(2)5-6-20(9-15(21)22)16(23)13-8-12(13)11-4-3-10(17)7-14(11)18/h3-4,7,12-13H,5-6,8-9H2,1-2H3,(H,21,22)/t12-,13-/m1/s1. The first-order valence-corrected chi connectivity index (χ1v) is 8.15. The maximum atomic E-state index is 12.6. The lowest BCUT2D eigenvalue weighted by Gasteiger charge is -2.23. The van der Waals surface area contributed by atoms with Crippen molar-refractivity contribution < 1.29 is 14.7 Å². The highest BCUT2D eigenvalue weighted by Crippen LogP contribution is 2.50. The summed E-state index contributed by atoms with van der Waals surface area (Å²) in [5.74, 6) is -1.28. The zero-order valence-corrected chi connectivity index (χ0v) is 14.6. The number of likely N-dealkylation sites (N-methyl/N-ethyl adjacent to an activating group) is 1. The van der Waals surface area contributed by atoms with Gasteiger partial charge in [0.2, 0.25) is 5.91 Å². The van der Waals surface area contributed by atoms with E-state index in [0.717, 1.165) is 5.56 Å². The molecule has 0 unspecified atom stereocenters. The smallest absolute Gasteiger partial charge is 0.323 e. The molecule has 1 amide bonds. The van der Waals surface area contributed by atoms with E-state index in [9.17, 15) is 9.59 Å². The molecule has 1 aliphatic carbocycles. The summed E-state index contributed by atoms with van der Waals surface area (Å²) in [7, 11) is 3.77. The third-order valence-corrected chi connectivity index (χ3v) is 4.49. The van der Waals surface area contributed by atoms with Gasteiger partial charge in [0.25, 0.3) is 0 Å². The summed E-state index contributed by atoms with van der Waals surface area (Å²) in [5.41, 5.74) is 0.900. The lowest BCUT2D eigenvalue weighted by molar-refractivity contribution is -0.145. The monoisotopic (exact) mass is 358 g/mol. The van der Waals surface area contributed by atoms with Crippen LogP contribution in [0.4, 0.5) is 0 Å². The van der Waals surface area contributed by atoms with Gasteiger partial charge in [-0.2, -0.15) is 0 Å². The van der Waals surface area contributed by atoms with E-state index in [1.54, 1.807) is 12.1 Å². The van der Waals surface area contributed by atoms with Crippen molar-refractivity contribution in [1.29, 1.82) is 0 Å². The molecule has 7 heteroatoms. The van der Waals surface area contributed by atoms with Crippen molar-refractivity contribution in [3.8, 4) is 0 Å². The number of carboxylic acids is 1. The highest BCUT2D eigenvalue weighted by atomic mass is 35.5. The molecule has 23 heavy (non-hydrogen) atoms. The number of carboxylic acid groups (broad SMARTS) is 1. The number of amides is 1. The molecule has 1 N–H and O–H groups in total. The first-order chi connectivity index (χ1) is 10.8. The van der Waals surface area contributed by atoms with Gasteiger partial charge in [-0.25, -0.2) is 0 Å². The molecule has 126 valence electrons. The summed E-state index contributed by atoms with van der Waals surface area (Å²) in [4.78, 5) is 26.9. The Labute approximate surface area is 145 Å². The second kappa shape index (κ2) is 7.51. The van der Waals surface area contributed by atoms with Gasteiger partial charge in [-0.15, -0.1) is 0 Å². The Bertz CT molecular complexity index is 607. The van der Waals surface area contributed by atoms with Gasteiger partial charge in [0.1, 0.15) is 6.54 Å². The van der Waals surface area contributed by atoms with Crippen molar-refractivity contribution in [1.82, 2.24) is 9.80 Å². The Morgan fingerprint density at radius 3 is 2.52 bits per heavy atom. The summed E-state index contributed by atoms with van der Waals surface area (Å²) >= 11 is 12.1. The third kappa shape index (κ3) is 4.83.